The number of hydrogen-bond acceptors (Lipinski definition) is 12. The fourth-order valence-electron chi connectivity index (χ4n) is 7.53. The summed E-state index contributed by atoms with van der Waals surface area (Å²) in [5.41, 5.74) is 3.40. The van der Waals surface area contributed by atoms with E-state index in [1.807, 2.05) is 72.8 Å². The summed E-state index contributed by atoms with van der Waals surface area (Å²) in [5, 5.41) is 0. The summed E-state index contributed by atoms with van der Waals surface area (Å²) in [6, 6.07) is 54.6. The molecule has 0 aliphatic carbocycles. The number of ether oxygens (including phenoxy) is 4. The van der Waals surface area contributed by atoms with Crippen molar-refractivity contribution >= 4 is 56.5 Å². The molecular weight excluding hydrogens is 973 g/mol. The van der Waals surface area contributed by atoms with E-state index in [1.54, 1.807) is 72.8 Å². The monoisotopic (exact) mass is 1020 g/mol. The molecule has 0 N–H and O–H groups in total. The number of carbonyl (C=O) groups excluding carboxylic acids is 2. The molecule has 0 radical (unpaired) electrons. The molecule has 0 amide bonds. The first-order valence-electron chi connectivity index (χ1n) is 22.3. The van der Waals surface area contributed by atoms with Gasteiger partial charge in [-0.3, -0.25) is 9.59 Å². The maximum Gasteiger partial charge on any atom is 0.206 e. The summed E-state index contributed by atoms with van der Waals surface area (Å²) < 4.78 is 77.8. The minimum atomic E-state index is -3.82. The molecule has 360 valence electrons. The van der Waals surface area contributed by atoms with Crippen LogP contribution in [0.1, 0.15) is 36.1 Å². The Bertz CT molecular complexity index is 3110. The standard InChI is InChI=1S/C57H48O10S4/c1-57(2,41-7-15-47(16-8-41)66-51-23-31-55(32-24-51)70(60,61)53-27-19-49(20-28-53)64-45-11-3-39(4-12-45)35-43(58)37-68)42-9-17-48(18-10-42)67-52-25-33-56(34-26-52)71(62,63)54-29-21-50(22-30-54)65-46-13-5-40(6-14-46)36-44(59)38-69/h3-34,68-69H,35-38H2,1-2H3. The second-order valence-electron chi connectivity index (χ2n) is 17.0. The van der Waals surface area contributed by atoms with Crippen LogP contribution in [0.4, 0.5) is 0 Å². The first-order chi connectivity index (χ1) is 34.1. The lowest BCUT2D eigenvalue weighted by Crippen LogP contribution is -2.18. The van der Waals surface area contributed by atoms with Crippen molar-refractivity contribution in [1.29, 1.82) is 0 Å². The van der Waals surface area contributed by atoms with Crippen molar-refractivity contribution in [3.63, 3.8) is 0 Å². The average Bonchev–Trinajstić information content (AvgIpc) is 3.38. The molecule has 14 heteroatoms. The van der Waals surface area contributed by atoms with Gasteiger partial charge in [0, 0.05) is 29.8 Å². The van der Waals surface area contributed by atoms with E-state index in [9.17, 15) is 26.4 Å². The van der Waals surface area contributed by atoms with Crippen LogP contribution >= 0.6 is 25.3 Å². The van der Waals surface area contributed by atoms with Gasteiger partial charge in [0.1, 0.15) is 57.6 Å². The molecular formula is C57H48O10S4. The molecule has 0 aliphatic rings. The van der Waals surface area contributed by atoms with Crippen molar-refractivity contribution < 1.29 is 45.4 Å². The van der Waals surface area contributed by atoms with E-state index in [1.165, 1.54) is 48.5 Å². The van der Waals surface area contributed by atoms with Gasteiger partial charge in [0.2, 0.25) is 19.7 Å². The molecule has 8 aromatic rings. The third kappa shape index (κ3) is 12.4. The zero-order valence-corrected chi connectivity index (χ0v) is 42.0. The van der Waals surface area contributed by atoms with Crippen LogP contribution in [0, 0.1) is 0 Å². The van der Waals surface area contributed by atoms with Crippen LogP contribution in [0.15, 0.2) is 214 Å². The predicted octanol–water partition coefficient (Wildman–Crippen LogP) is 12.9. The Balaban J connectivity index is 0.827. The Morgan fingerprint density at radius 1 is 0.352 bits per heavy atom. The maximum absolute atomic E-state index is 13.5. The Morgan fingerprint density at radius 2 is 0.549 bits per heavy atom. The lowest BCUT2D eigenvalue weighted by Gasteiger charge is -2.26. The van der Waals surface area contributed by atoms with Crippen LogP contribution in [0.5, 0.6) is 46.0 Å². The fourth-order valence-corrected chi connectivity index (χ4v) is 10.3. The summed E-state index contributed by atoms with van der Waals surface area (Å²) in [6.07, 6.45) is 0.598. The molecule has 0 unspecified atom stereocenters. The second kappa shape index (κ2) is 21.9. The minimum Gasteiger partial charge on any atom is -0.457 e. The Morgan fingerprint density at radius 3 is 0.761 bits per heavy atom. The quantitative estimate of drug-likeness (QED) is 0.0709. The molecule has 10 nitrogen and oxygen atoms in total. The molecule has 0 atom stereocenters. The average molecular weight is 1020 g/mol. The third-order valence-corrected chi connectivity index (χ3v) is 15.9. The highest BCUT2D eigenvalue weighted by Gasteiger charge is 2.24. The molecule has 0 heterocycles. The molecule has 0 fully saturated rings. The maximum atomic E-state index is 13.5. The van der Waals surface area contributed by atoms with E-state index in [-0.39, 0.29) is 42.7 Å². The van der Waals surface area contributed by atoms with Gasteiger partial charge >= 0.3 is 0 Å². The highest BCUT2D eigenvalue weighted by molar-refractivity contribution is 7.91. The van der Waals surface area contributed by atoms with E-state index in [0.29, 0.717) is 58.8 Å². The molecule has 0 saturated carbocycles. The smallest absolute Gasteiger partial charge is 0.206 e. The zero-order chi connectivity index (χ0) is 50.2. The van der Waals surface area contributed by atoms with E-state index >= 15 is 0 Å². The van der Waals surface area contributed by atoms with E-state index in [4.69, 9.17) is 18.9 Å². The van der Waals surface area contributed by atoms with Gasteiger partial charge in [-0.2, -0.15) is 25.3 Å². The Kier molecular flexibility index (Phi) is 15.5. The first-order valence-corrected chi connectivity index (χ1v) is 26.6. The normalized spacial score (nSPS) is 11.7. The van der Waals surface area contributed by atoms with Gasteiger partial charge in [0.05, 0.1) is 19.6 Å². The second-order valence-corrected chi connectivity index (χ2v) is 21.5. The van der Waals surface area contributed by atoms with Crippen LogP contribution in [-0.4, -0.2) is 39.9 Å². The van der Waals surface area contributed by atoms with E-state index < -0.39 is 25.1 Å². The number of rotatable bonds is 20. The Hall–Kier alpha value is -7.10. The van der Waals surface area contributed by atoms with E-state index in [2.05, 4.69) is 39.1 Å². The van der Waals surface area contributed by atoms with Crippen LogP contribution in [0.3, 0.4) is 0 Å². The third-order valence-electron chi connectivity index (χ3n) is 11.6. The van der Waals surface area contributed by atoms with Gasteiger partial charge in [0.25, 0.3) is 0 Å². The number of benzene rings is 8. The molecule has 71 heavy (non-hydrogen) atoms. The van der Waals surface area contributed by atoms with Crippen molar-refractivity contribution in [2.75, 3.05) is 11.5 Å². The summed E-state index contributed by atoms with van der Waals surface area (Å²) in [4.78, 5) is 23.8. The lowest BCUT2D eigenvalue weighted by atomic mass is 9.78. The van der Waals surface area contributed by atoms with Gasteiger partial charge in [-0.15, -0.1) is 0 Å². The summed E-state index contributed by atoms with van der Waals surface area (Å²) in [6.45, 7) is 4.23. The highest BCUT2D eigenvalue weighted by Crippen LogP contribution is 2.36. The molecule has 0 aliphatic heterocycles. The number of thiol groups is 2. The zero-order valence-electron chi connectivity index (χ0n) is 38.6. The summed E-state index contributed by atoms with van der Waals surface area (Å²) in [7, 11) is -7.64. The van der Waals surface area contributed by atoms with Gasteiger partial charge in [-0.25, -0.2) is 16.8 Å². The fraction of sp³-hybridized carbons (Fsp3) is 0.123. The van der Waals surface area contributed by atoms with Crippen molar-refractivity contribution in [3.05, 3.63) is 216 Å². The predicted molar refractivity (Wildman–Crippen MR) is 280 cm³/mol. The van der Waals surface area contributed by atoms with Crippen LogP contribution < -0.4 is 18.9 Å². The van der Waals surface area contributed by atoms with Gasteiger partial charge in [0.15, 0.2) is 0 Å². The molecule has 0 spiro atoms. The van der Waals surface area contributed by atoms with Crippen molar-refractivity contribution in [3.8, 4) is 46.0 Å². The number of carbonyl (C=O) groups is 2. The molecule has 0 aromatic heterocycles. The van der Waals surface area contributed by atoms with Crippen LogP contribution in [-0.2, 0) is 47.5 Å². The molecule has 8 aromatic carbocycles. The number of sulfone groups is 2. The van der Waals surface area contributed by atoms with Gasteiger partial charge < -0.3 is 18.9 Å². The van der Waals surface area contributed by atoms with Crippen molar-refractivity contribution in [2.24, 2.45) is 0 Å². The minimum absolute atomic E-state index is 0.0267. The topological polar surface area (TPSA) is 139 Å². The Labute approximate surface area is 424 Å². The SMILES string of the molecule is CC(C)(c1ccc(Oc2ccc(S(=O)(=O)c3ccc(Oc4ccc(CC(=O)CS)cc4)cc3)cc2)cc1)c1ccc(Oc2ccc(S(=O)(=O)c3ccc(Oc4ccc(CC(=O)CS)cc4)cc3)cc2)cc1. The summed E-state index contributed by atoms with van der Waals surface area (Å²) in [5.74, 6) is 4.60. The molecule has 8 rings (SSSR count). The van der Waals surface area contributed by atoms with Gasteiger partial charge in [-0.05, 0) is 168 Å². The molecule has 0 bridgehead atoms. The first kappa shape index (κ1) is 50.3. The van der Waals surface area contributed by atoms with E-state index in [0.717, 1.165) is 22.3 Å². The van der Waals surface area contributed by atoms with Crippen LogP contribution in [0.2, 0.25) is 0 Å². The number of Topliss-reactive ketones (excluding diaryl/α,β-unsaturated/α-hetero) is 2. The number of ketones is 2. The summed E-state index contributed by atoms with van der Waals surface area (Å²) >= 11 is 8.04. The highest BCUT2D eigenvalue weighted by atomic mass is 32.2. The number of hydrogen-bond donors (Lipinski definition) is 2. The largest absolute Gasteiger partial charge is 0.457 e. The lowest BCUT2D eigenvalue weighted by molar-refractivity contribution is -0.116. The van der Waals surface area contributed by atoms with Crippen molar-refractivity contribution in [1.82, 2.24) is 0 Å². The molecule has 0 saturated heterocycles. The van der Waals surface area contributed by atoms with Crippen LogP contribution in [0.25, 0.3) is 0 Å². The van der Waals surface area contributed by atoms with Gasteiger partial charge in [-0.1, -0.05) is 62.4 Å². The van der Waals surface area contributed by atoms with Crippen molar-refractivity contribution in [2.45, 2.75) is 51.7 Å².